The Hall–Kier alpha value is -3.73. The number of nitrogens with one attached hydrogen (secondary N) is 1. The SMILES string of the molecule is CC(C)(C)c1ccc(C(=O)Nc2ccc(-c3nnc(-c4ccccc4)o3)cc2)cc1. The van der Waals surface area contributed by atoms with Crippen LogP contribution in [0.5, 0.6) is 0 Å². The van der Waals surface area contributed by atoms with Crippen LogP contribution in [0.3, 0.4) is 0 Å². The summed E-state index contributed by atoms with van der Waals surface area (Å²) in [5.74, 6) is 0.763. The monoisotopic (exact) mass is 397 g/mol. The number of aromatic nitrogens is 2. The molecule has 0 aliphatic heterocycles. The van der Waals surface area contributed by atoms with Gasteiger partial charge in [0.1, 0.15) is 0 Å². The molecule has 1 heterocycles. The number of carbonyl (C=O) groups excluding carboxylic acids is 1. The van der Waals surface area contributed by atoms with Gasteiger partial charge >= 0.3 is 0 Å². The van der Waals surface area contributed by atoms with Crippen LogP contribution in [0, 0.1) is 0 Å². The molecule has 0 fully saturated rings. The molecular formula is C25H23N3O2. The summed E-state index contributed by atoms with van der Waals surface area (Å²) in [5.41, 5.74) is 4.23. The Morgan fingerprint density at radius 1 is 0.767 bits per heavy atom. The summed E-state index contributed by atoms with van der Waals surface area (Å²) in [5, 5.41) is 11.2. The minimum absolute atomic E-state index is 0.0555. The van der Waals surface area contributed by atoms with Crippen LogP contribution in [-0.4, -0.2) is 16.1 Å². The first-order chi connectivity index (χ1) is 14.4. The number of hydrogen-bond acceptors (Lipinski definition) is 4. The second-order valence-corrected chi connectivity index (χ2v) is 8.14. The molecule has 4 rings (SSSR count). The largest absolute Gasteiger partial charge is 0.416 e. The molecule has 0 unspecified atom stereocenters. The zero-order valence-electron chi connectivity index (χ0n) is 17.2. The topological polar surface area (TPSA) is 68.0 Å². The maximum absolute atomic E-state index is 12.5. The quantitative estimate of drug-likeness (QED) is 0.462. The fraction of sp³-hybridized carbons (Fsp3) is 0.160. The molecule has 1 amide bonds. The summed E-state index contributed by atoms with van der Waals surface area (Å²) in [6, 6.07) is 24.7. The van der Waals surface area contributed by atoms with Gasteiger partial charge in [-0.25, -0.2) is 0 Å². The second-order valence-electron chi connectivity index (χ2n) is 8.14. The van der Waals surface area contributed by atoms with Gasteiger partial charge < -0.3 is 9.73 Å². The molecule has 1 aromatic heterocycles. The van der Waals surface area contributed by atoms with Crippen LogP contribution in [0.25, 0.3) is 22.9 Å². The summed E-state index contributed by atoms with van der Waals surface area (Å²) in [7, 11) is 0. The van der Waals surface area contributed by atoms with E-state index in [1.54, 1.807) is 0 Å². The molecule has 0 aliphatic rings. The molecule has 5 nitrogen and oxygen atoms in total. The molecule has 0 radical (unpaired) electrons. The molecule has 4 aromatic rings. The number of nitrogens with zero attached hydrogens (tertiary/aromatic N) is 2. The number of anilines is 1. The maximum atomic E-state index is 12.5. The van der Waals surface area contributed by atoms with Gasteiger partial charge in [0.15, 0.2) is 0 Å². The average molecular weight is 397 g/mol. The van der Waals surface area contributed by atoms with E-state index in [1.807, 2.05) is 78.9 Å². The van der Waals surface area contributed by atoms with E-state index >= 15 is 0 Å². The molecule has 0 aliphatic carbocycles. The number of benzene rings is 3. The van der Waals surface area contributed by atoms with E-state index < -0.39 is 0 Å². The van der Waals surface area contributed by atoms with Gasteiger partial charge in [-0.05, 0) is 59.5 Å². The van der Waals surface area contributed by atoms with Crippen molar-refractivity contribution >= 4 is 11.6 Å². The van der Waals surface area contributed by atoms with Crippen molar-refractivity contribution < 1.29 is 9.21 Å². The van der Waals surface area contributed by atoms with E-state index in [-0.39, 0.29) is 11.3 Å². The number of carbonyl (C=O) groups is 1. The Labute approximate surface area is 175 Å². The lowest BCUT2D eigenvalue weighted by Gasteiger charge is -2.19. The first-order valence-electron chi connectivity index (χ1n) is 9.81. The van der Waals surface area contributed by atoms with Gasteiger partial charge in [-0.1, -0.05) is 51.1 Å². The molecule has 0 bridgehead atoms. The van der Waals surface area contributed by atoms with Crippen LogP contribution in [0.2, 0.25) is 0 Å². The first-order valence-corrected chi connectivity index (χ1v) is 9.81. The molecule has 0 saturated heterocycles. The summed E-state index contributed by atoms with van der Waals surface area (Å²) in [4.78, 5) is 12.5. The first kappa shape index (κ1) is 19.6. The van der Waals surface area contributed by atoms with Gasteiger partial charge in [-0.3, -0.25) is 4.79 Å². The normalized spacial score (nSPS) is 11.3. The lowest BCUT2D eigenvalue weighted by Crippen LogP contribution is -2.14. The zero-order chi connectivity index (χ0) is 21.1. The summed E-state index contributed by atoms with van der Waals surface area (Å²) in [6.45, 7) is 6.45. The minimum Gasteiger partial charge on any atom is -0.416 e. The van der Waals surface area contributed by atoms with E-state index in [4.69, 9.17) is 4.42 Å². The number of rotatable bonds is 4. The summed E-state index contributed by atoms with van der Waals surface area (Å²) in [6.07, 6.45) is 0. The summed E-state index contributed by atoms with van der Waals surface area (Å²) < 4.78 is 5.78. The van der Waals surface area contributed by atoms with Crippen LogP contribution in [0.4, 0.5) is 5.69 Å². The van der Waals surface area contributed by atoms with Gasteiger partial charge in [-0.15, -0.1) is 10.2 Å². The van der Waals surface area contributed by atoms with Gasteiger partial charge in [-0.2, -0.15) is 0 Å². The third-order valence-corrected chi connectivity index (χ3v) is 4.85. The highest BCUT2D eigenvalue weighted by molar-refractivity contribution is 6.04. The smallest absolute Gasteiger partial charge is 0.255 e. The predicted octanol–water partition coefficient (Wildman–Crippen LogP) is 5.95. The van der Waals surface area contributed by atoms with Crippen molar-refractivity contribution in [3.63, 3.8) is 0 Å². The average Bonchev–Trinajstić information content (AvgIpc) is 3.25. The van der Waals surface area contributed by atoms with E-state index in [9.17, 15) is 4.79 Å². The predicted molar refractivity (Wildman–Crippen MR) is 118 cm³/mol. The third kappa shape index (κ3) is 4.30. The fourth-order valence-corrected chi connectivity index (χ4v) is 3.06. The lowest BCUT2D eigenvalue weighted by molar-refractivity contribution is 0.102. The highest BCUT2D eigenvalue weighted by Gasteiger charge is 2.15. The fourth-order valence-electron chi connectivity index (χ4n) is 3.06. The molecule has 0 atom stereocenters. The molecule has 0 saturated carbocycles. The minimum atomic E-state index is -0.146. The standard InChI is InChI=1S/C25H23N3O2/c1-25(2,3)20-13-9-17(10-14-20)22(29)26-21-15-11-19(12-16-21)24-28-27-23(30-24)18-7-5-4-6-8-18/h4-16H,1-3H3,(H,26,29). The number of hydrogen-bond donors (Lipinski definition) is 1. The van der Waals surface area contributed by atoms with Crippen molar-refractivity contribution in [3.05, 3.63) is 90.0 Å². The van der Waals surface area contributed by atoms with Crippen LogP contribution in [0.15, 0.2) is 83.3 Å². The Morgan fingerprint density at radius 3 is 1.90 bits per heavy atom. The van der Waals surface area contributed by atoms with Crippen molar-refractivity contribution in [1.82, 2.24) is 10.2 Å². The van der Waals surface area contributed by atoms with E-state index in [1.165, 1.54) is 5.56 Å². The van der Waals surface area contributed by atoms with E-state index in [0.717, 1.165) is 11.1 Å². The van der Waals surface area contributed by atoms with Crippen molar-refractivity contribution in [2.45, 2.75) is 26.2 Å². The Balaban J connectivity index is 1.45. The van der Waals surface area contributed by atoms with Crippen molar-refractivity contribution in [1.29, 1.82) is 0 Å². The molecule has 1 N–H and O–H groups in total. The second kappa shape index (κ2) is 7.95. The molecule has 30 heavy (non-hydrogen) atoms. The molecule has 5 heteroatoms. The van der Waals surface area contributed by atoms with Gasteiger partial charge in [0.2, 0.25) is 11.8 Å². The van der Waals surface area contributed by atoms with Gasteiger partial charge in [0.05, 0.1) is 0 Å². The van der Waals surface area contributed by atoms with Gasteiger partial charge in [0, 0.05) is 22.4 Å². The van der Waals surface area contributed by atoms with Crippen molar-refractivity contribution in [2.24, 2.45) is 0 Å². The van der Waals surface area contributed by atoms with Crippen LogP contribution >= 0.6 is 0 Å². The summed E-state index contributed by atoms with van der Waals surface area (Å²) >= 11 is 0. The third-order valence-electron chi connectivity index (χ3n) is 4.85. The zero-order valence-corrected chi connectivity index (χ0v) is 17.2. The molecule has 3 aromatic carbocycles. The van der Waals surface area contributed by atoms with Crippen LogP contribution in [0.1, 0.15) is 36.7 Å². The highest BCUT2D eigenvalue weighted by atomic mass is 16.4. The van der Waals surface area contributed by atoms with E-state index in [0.29, 0.717) is 23.0 Å². The van der Waals surface area contributed by atoms with Crippen molar-refractivity contribution in [2.75, 3.05) is 5.32 Å². The highest BCUT2D eigenvalue weighted by Crippen LogP contribution is 2.25. The Kier molecular flexibility index (Phi) is 5.19. The van der Waals surface area contributed by atoms with E-state index in [2.05, 4.69) is 36.3 Å². The molecule has 150 valence electrons. The van der Waals surface area contributed by atoms with Gasteiger partial charge in [0.25, 0.3) is 5.91 Å². The van der Waals surface area contributed by atoms with Crippen molar-refractivity contribution in [3.8, 4) is 22.9 Å². The lowest BCUT2D eigenvalue weighted by atomic mass is 9.87. The molecule has 0 spiro atoms. The molecular weight excluding hydrogens is 374 g/mol. The Morgan fingerprint density at radius 2 is 1.33 bits per heavy atom. The van der Waals surface area contributed by atoms with Crippen LogP contribution in [-0.2, 0) is 5.41 Å². The Bertz CT molecular complexity index is 1140. The van der Waals surface area contributed by atoms with Crippen LogP contribution < -0.4 is 5.32 Å². The number of amides is 1. The maximum Gasteiger partial charge on any atom is 0.255 e.